The summed E-state index contributed by atoms with van der Waals surface area (Å²) >= 11 is 1.33. The fraction of sp³-hybridized carbons (Fsp3) is 0.250. The summed E-state index contributed by atoms with van der Waals surface area (Å²) in [5.74, 6) is -0.109. The second-order valence-corrected chi connectivity index (χ2v) is 5.96. The summed E-state index contributed by atoms with van der Waals surface area (Å²) in [6.45, 7) is 5.61. The average molecular weight is 318 g/mol. The van der Waals surface area contributed by atoms with Gasteiger partial charge in [-0.05, 0) is 61.0 Å². The van der Waals surface area contributed by atoms with Crippen molar-refractivity contribution in [2.45, 2.75) is 20.8 Å². The molecule has 1 heterocycles. The Bertz CT molecular complexity index is 674. The molecule has 5 nitrogen and oxygen atoms in total. The molecule has 2 aromatic rings. The number of carbonyl (C=O) groups is 2. The first kappa shape index (κ1) is 16.0. The molecule has 0 unspecified atom stereocenters. The quantitative estimate of drug-likeness (QED) is 0.851. The summed E-state index contributed by atoms with van der Waals surface area (Å²) in [5.41, 5.74) is 7.73. The fourth-order valence-corrected chi connectivity index (χ4v) is 2.81. The van der Waals surface area contributed by atoms with Crippen LogP contribution in [-0.4, -0.2) is 18.4 Å². The highest BCUT2D eigenvalue weighted by molar-refractivity contribution is 7.12. The van der Waals surface area contributed by atoms with E-state index in [9.17, 15) is 9.59 Å². The zero-order valence-corrected chi connectivity index (χ0v) is 13.5. The van der Waals surface area contributed by atoms with E-state index in [2.05, 4.69) is 10.9 Å². The number of hydrogen-bond donors (Lipinski definition) is 2. The first-order valence-corrected chi connectivity index (χ1v) is 7.68. The minimum absolute atomic E-state index is 0.160. The van der Waals surface area contributed by atoms with E-state index in [0.29, 0.717) is 10.6 Å². The molecule has 0 aliphatic rings. The molecule has 2 N–H and O–H groups in total. The lowest BCUT2D eigenvalue weighted by molar-refractivity contribution is -0.123. The van der Waals surface area contributed by atoms with Crippen LogP contribution in [0.1, 0.15) is 26.4 Å². The van der Waals surface area contributed by atoms with E-state index in [-0.39, 0.29) is 12.5 Å². The van der Waals surface area contributed by atoms with Gasteiger partial charge in [0.1, 0.15) is 5.75 Å². The molecular formula is C16H18N2O3S. The molecule has 0 atom stereocenters. The standard InChI is InChI=1S/C16H18N2O3S/c1-10-6-11(2)8-13(7-10)21-9-14(19)17-18-16(20)15-12(3)4-5-22-15/h4-8H,9H2,1-3H3,(H,17,19)(H,18,20). The smallest absolute Gasteiger partial charge is 0.280 e. The van der Waals surface area contributed by atoms with Crippen LogP contribution < -0.4 is 15.6 Å². The van der Waals surface area contributed by atoms with Crippen molar-refractivity contribution < 1.29 is 14.3 Å². The van der Waals surface area contributed by atoms with Crippen LogP contribution in [0, 0.1) is 20.8 Å². The van der Waals surface area contributed by atoms with Crippen molar-refractivity contribution in [2.75, 3.05) is 6.61 Å². The number of hydrogen-bond acceptors (Lipinski definition) is 4. The Morgan fingerprint density at radius 1 is 1.09 bits per heavy atom. The van der Waals surface area contributed by atoms with Crippen LogP contribution in [0.4, 0.5) is 0 Å². The number of rotatable bonds is 4. The largest absolute Gasteiger partial charge is 0.484 e. The number of benzene rings is 1. The number of hydrazine groups is 1. The molecule has 0 aliphatic carbocycles. The third-order valence-electron chi connectivity index (χ3n) is 2.95. The van der Waals surface area contributed by atoms with Crippen molar-refractivity contribution >= 4 is 23.2 Å². The highest BCUT2D eigenvalue weighted by Gasteiger charge is 2.11. The van der Waals surface area contributed by atoms with E-state index < -0.39 is 5.91 Å². The number of aryl methyl sites for hydroxylation is 3. The molecular weight excluding hydrogens is 300 g/mol. The van der Waals surface area contributed by atoms with Crippen molar-refractivity contribution in [3.05, 3.63) is 51.2 Å². The normalized spacial score (nSPS) is 10.1. The fourth-order valence-electron chi connectivity index (χ4n) is 1.99. The van der Waals surface area contributed by atoms with Gasteiger partial charge in [-0.2, -0.15) is 0 Å². The van der Waals surface area contributed by atoms with Crippen LogP contribution in [0.5, 0.6) is 5.75 Å². The molecule has 116 valence electrons. The van der Waals surface area contributed by atoms with Crippen molar-refractivity contribution in [3.8, 4) is 5.75 Å². The molecule has 0 saturated carbocycles. The molecule has 1 aromatic heterocycles. The van der Waals surface area contributed by atoms with Gasteiger partial charge in [-0.3, -0.25) is 20.4 Å². The molecule has 0 aliphatic heterocycles. The zero-order chi connectivity index (χ0) is 16.1. The maximum atomic E-state index is 11.8. The zero-order valence-electron chi connectivity index (χ0n) is 12.7. The van der Waals surface area contributed by atoms with Crippen LogP contribution in [0.2, 0.25) is 0 Å². The van der Waals surface area contributed by atoms with Gasteiger partial charge < -0.3 is 4.74 Å². The van der Waals surface area contributed by atoms with Gasteiger partial charge in [0.25, 0.3) is 11.8 Å². The van der Waals surface area contributed by atoms with E-state index >= 15 is 0 Å². The molecule has 1 aromatic carbocycles. The lowest BCUT2D eigenvalue weighted by Gasteiger charge is -2.09. The monoisotopic (exact) mass is 318 g/mol. The van der Waals surface area contributed by atoms with Crippen molar-refractivity contribution in [1.82, 2.24) is 10.9 Å². The van der Waals surface area contributed by atoms with E-state index in [1.807, 2.05) is 50.4 Å². The average Bonchev–Trinajstić information content (AvgIpc) is 2.88. The number of carbonyl (C=O) groups excluding carboxylic acids is 2. The lowest BCUT2D eigenvalue weighted by Crippen LogP contribution is -2.43. The Labute approximate surface area is 133 Å². The summed E-state index contributed by atoms with van der Waals surface area (Å²) < 4.78 is 5.42. The molecule has 0 spiro atoms. The van der Waals surface area contributed by atoms with Crippen LogP contribution in [0.3, 0.4) is 0 Å². The van der Waals surface area contributed by atoms with Gasteiger partial charge in [0, 0.05) is 0 Å². The third-order valence-corrected chi connectivity index (χ3v) is 3.96. The molecule has 2 amide bonds. The molecule has 0 fully saturated rings. The van der Waals surface area contributed by atoms with E-state index in [0.717, 1.165) is 16.7 Å². The molecule has 0 radical (unpaired) electrons. The summed E-state index contributed by atoms with van der Waals surface area (Å²) in [5, 5.41) is 1.83. The lowest BCUT2D eigenvalue weighted by atomic mass is 10.1. The Morgan fingerprint density at radius 3 is 2.36 bits per heavy atom. The van der Waals surface area contributed by atoms with E-state index in [1.54, 1.807) is 0 Å². The Balaban J connectivity index is 1.81. The summed E-state index contributed by atoms with van der Waals surface area (Å²) in [4.78, 5) is 24.1. The Kier molecular flexibility index (Phi) is 5.16. The summed E-state index contributed by atoms with van der Waals surface area (Å²) in [6.07, 6.45) is 0. The summed E-state index contributed by atoms with van der Waals surface area (Å²) in [6, 6.07) is 7.59. The van der Waals surface area contributed by atoms with Crippen LogP contribution >= 0.6 is 11.3 Å². The van der Waals surface area contributed by atoms with Gasteiger partial charge in [-0.25, -0.2) is 0 Å². The van der Waals surface area contributed by atoms with Gasteiger partial charge in [-0.15, -0.1) is 11.3 Å². The maximum absolute atomic E-state index is 11.8. The van der Waals surface area contributed by atoms with Crippen LogP contribution in [-0.2, 0) is 4.79 Å². The highest BCUT2D eigenvalue weighted by atomic mass is 32.1. The molecule has 6 heteroatoms. The predicted octanol–water partition coefficient (Wildman–Crippen LogP) is 2.51. The minimum Gasteiger partial charge on any atom is -0.484 e. The predicted molar refractivity (Wildman–Crippen MR) is 86.1 cm³/mol. The maximum Gasteiger partial charge on any atom is 0.280 e. The van der Waals surface area contributed by atoms with Gasteiger partial charge in [0.2, 0.25) is 0 Å². The van der Waals surface area contributed by atoms with E-state index in [4.69, 9.17) is 4.74 Å². The first-order chi connectivity index (χ1) is 10.5. The molecule has 22 heavy (non-hydrogen) atoms. The number of amides is 2. The second kappa shape index (κ2) is 7.09. The molecule has 0 bridgehead atoms. The SMILES string of the molecule is Cc1cc(C)cc(OCC(=O)NNC(=O)c2sccc2C)c1. The first-order valence-electron chi connectivity index (χ1n) is 6.80. The highest BCUT2D eigenvalue weighted by Crippen LogP contribution is 2.16. The molecule has 2 rings (SSSR count). The number of nitrogens with one attached hydrogen (secondary N) is 2. The number of thiophene rings is 1. The van der Waals surface area contributed by atoms with Crippen molar-refractivity contribution in [3.63, 3.8) is 0 Å². The van der Waals surface area contributed by atoms with Gasteiger partial charge in [0.15, 0.2) is 6.61 Å². The van der Waals surface area contributed by atoms with Crippen molar-refractivity contribution in [2.24, 2.45) is 0 Å². The van der Waals surface area contributed by atoms with Gasteiger partial charge in [0.05, 0.1) is 4.88 Å². The molecule has 0 saturated heterocycles. The van der Waals surface area contributed by atoms with Crippen molar-refractivity contribution in [1.29, 1.82) is 0 Å². The van der Waals surface area contributed by atoms with Crippen LogP contribution in [0.15, 0.2) is 29.6 Å². The second-order valence-electron chi connectivity index (χ2n) is 5.05. The number of ether oxygens (including phenoxy) is 1. The topological polar surface area (TPSA) is 67.4 Å². The van der Waals surface area contributed by atoms with E-state index in [1.165, 1.54) is 11.3 Å². The Hall–Kier alpha value is -2.34. The Morgan fingerprint density at radius 2 is 1.77 bits per heavy atom. The summed E-state index contributed by atoms with van der Waals surface area (Å²) in [7, 11) is 0. The minimum atomic E-state index is -0.415. The van der Waals surface area contributed by atoms with Gasteiger partial charge in [-0.1, -0.05) is 6.07 Å². The third kappa shape index (κ3) is 4.33. The van der Waals surface area contributed by atoms with Crippen LogP contribution in [0.25, 0.3) is 0 Å². The van der Waals surface area contributed by atoms with Gasteiger partial charge >= 0.3 is 0 Å².